The van der Waals surface area contributed by atoms with Gasteiger partial charge in [-0.1, -0.05) is 49.8 Å². The number of halogens is 2. The molecule has 0 heterocycles. The van der Waals surface area contributed by atoms with Gasteiger partial charge in [-0.15, -0.1) is 12.0 Å². The van der Waals surface area contributed by atoms with Gasteiger partial charge in [0, 0.05) is 0 Å². The second-order valence-corrected chi connectivity index (χ2v) is 4.73. The average molecular weight is 292 g/mol. The van der Waals surface area contributed by atoms with E-state index in [1.165, 1.54) is 25.7 Å². The number of allylic oxidation sites excluding steroid dienone is 4. The summed E-state index contributed by atoms with van der Waals surface area (Å²) in [5.41, 5.74) is 0. The fourth-order valence-corrected chi connectivity index (χ4v) is 3.45. The zero-order chi connectivity index (χ0) is 8.67. The fraction of sp³-hybridized carbons (Fsp3) is 0.615. The monoisotopic (exact) mass is 291 g/mol. The summed E-state index contributed by atoms with van der Waals surface area (Å²) in [4.78, 5) is 0. The van der Waals surface area contributed by atoms with Gasteiger partial charge in [-0.05, 0) is 5.92 Å². The minimum atomic E-state index is 0. The maximum Gasteiger partial charge on any atom is 3.00 e. The molecule has 0 aromatic heterocycles. The quantitative estimate of drug-likeness (QED) is 0.339. The first kappa shape index (κ1) is 16.8. The van der Waals surface area contributed by atoms with Gasteiger partial charge in [0.25, 0.3) is 0 Å². The Bertz CT molecular complexity index is 263. The summed E-state index contributed by atoms with van der Waals surface area (Å²) in [7, 11) is 0. The van der Waals surface area contributed by atoms with Crippen LogP contribution in [-0.4, -0.2) is 0 Å². The summed E-state index contributed by atoms with van der Waals surface area (Å²) in [6.07, 6.45) is 17.8. The molecule has 0 N–H and O–H groups in total. The molecular formula is C13H17Cl2Ti. The molecule has 0 saturated heterocycles. The van der Waals surface area contributed by atoms with E-state index in [9.17, 15) is 0 Å². The summed E-state index contributed by atoms with van der Waals surface area (Å²) in [5.74, 6) is 3.56. The molecule has 16 heavy (non-hydrogen) atoms. The molecule has 2 saturated carbocycles. The molecule has 3 aliphatic rings. The number of hydrogen-bond donors (Lipinski definition) is 0. The van der Waals surface area contributed by atoms with Crippen LogP contribution in [0.4, 0.5) is 0 Å². The molecule has 2 fully saturated rings. The summed E-state index contributed by atoms with van der Waals surface area (Å²) in [6, 6.07) is 0. The molecule has 1 radical (unpaired) electrons. The van der Waals surface area contributed by atoms with Crippen LogP contribution in [0.2, 0.25) is 0 Å². The predicted octanol–water partition coefficient (Wildman–Crippen LogP) is -2.63. The van der Waals surface area contributed by atoms with Crippen LogP contribution in [0.15, 0.2) is 24.3 Å². The van der Waals surface area contributed by atoms with Gasteiger partial charge in [0.15, 0.2) is 0 Å². The van der Waals surface area contributed by atoms with Crippen molar-refractivity contribution in [1.29, 1.82) is 0 Å². The zero-order valence-corrected chi connectivity index (χ0v) is 12.4. The van der Waals surface area contributed by atoms with Gasteiger partial charge >= 0.3 is 21.7 Å². The molecular weight excluding hydrogens is 275 g/mol. The fourth-order valence-electron chi connectivity index (χ4n) is 3.45. The molecule has 3 rings (SSSR count). The van der Waals surface area contributed by atoms with E-state index in [0.29, 0.717) is 0 Å². The second-order valence-electron chi connectivity index (χ2n) is 4.73. The molecule has 4 atom stereocenters. The van der Waals surface area contributed by atoms with Gasteiger partial charge in [-0.25, -0.2) is 0 Å². The second kappa shape index (κ2) is 7.26. The normalized spacial score (nSPS) is 38.5. The van der Waals surface area contributed by atoms with Crippen LogP contribution in [0.5, 0.6) is 0 Å². The first-order valence-corrected chi connectivity index (χ1v) is 5.65. The third-order valence-corrected chi connectivity index (χ3v) is 4.06. The Kier molecular flexibility index (Phi) is 7.61. The van der Waals surface area contributed by atoms with Crippen LogP contribution < -0.4 is 24.8 Å². The van der Waals surface area contributed by atoms with E-state index in [4.69, 9.17) is 0 Å². The molecule has 4 unspecified atom stereocenters. The van der Waals surface area contributed by atoms with Gasteiger partial charge in [0.2, 0.25) is 0 Å². The molecule has 87 valence electrons. The summed E-state index contributed by atoms with van der Waals surface area (Å²) >= 11 is 0. The smallest absolute Gasteiger partial charge is 1.00 e. The molecule has 0 amide bonds. The Morgan fingerprint density at radius 2 is 1.62 bits per heavy atom. The SMILES string of the molecule is C1=CC2[CH-]C3CCCCC3C2C=C1.[Cl-].[Cl-].[Ti+3]. The van der Waals surface area contributed by atoms with Crippen molar-refractivity contribution >= 4 is 0 Å². The van der Waals surface area contributed by atoms with Crippen LogP contribution in [-0.2, 0) is 21.7 Å². The zero-order valence-electron chi connectivity index (χ0n) is 9.28. The van der Waals surface area contributed by atoms with Crippen molar-refractivity contribution in [3.63, 3.8) is 0 Å². The summed E-state index contributed by atoms with van der Waals surface area (Å²) in [5, 5.41) is 0. The van der Waals surface area contributed by atoms with Gasteiger partial charge in [-0.3, -0.25) is 0 Å². The molecule has 0 bridgehead atoms. The molecule has 0 aromatic rings. The molecule has 3 aliphatic carbocycles. The van der Waals surface area contributed by atoms with E-state index in [1.807, 2.05) is 0 Å². The first-order chi connectivity index (χ1) is 6.45. The molecule has 0 spiro atoms. The van der Waals surface area contributed by atoms with Crippen LogP contribution in [0.1, 0.15) is 25.7 Å². The van der Waals surface area contributed by atoms with E-state index >= 15 is 0 Å². The number of hydrogen-bond acceptors (Lipinski definition) is 0. The standard InChI is InChI=1S/C13H17.2ClH.Ti/c1-3-7-12-10(5-1)9-11-6-2-4-8-13(11)12;;;/h1,3,5,7,9-13H,2,4,6,8H2;2*1H;/q-1;;;+3/p-2. The van der Waals surface area contributed by atoms with Crippen LogP contribution in [0, 0.1) is 30.1 Å². The van der Waals surface area contributed by atoms with E-state index in [-0.39, 0.29) is 46.5 Å². The van der Waals surface area contributed by atoms with Crippen LogP contribution in [0.3, 0.4) is 0 Å². The Hall–Kier alpha value is 0.774. The molecule has 0 aliphatic heterocycles. The van der Waals surface area contributed by atoms with E-state index < -0.39 is 0 Å². The minimum Gasteiger partial charge on any atom is -1.00 e. The third kappa shape index (κ3) is 2.96. The molecule has 3 heteroatoms. The van der Waals surface area contributed by atoms with Crippen molar-refractivity contribution in [3.8, 4) is 0 Å². The average Bonchev–Trinajstić information content (AvgIpc) is 2.56. The van der Waals surface area contributed by atoms with Crippen molar-refractivity contribution in [2.75, 3.05) is 0 Å². The largest absolute Gasteiger partial charge is 3.00 e. The predicted molar refractivity (Wildman–Crippen MR) is 55.0 cm³/mol. The Morgan fingerprint density at radius 3 is 2.44 bits per heavy atom. The number of rotatable bonds is 0. The topological polar surface area (TPSA) is 0 Å². The van der Waals surface area contributed by atoms with Crippen molar-refractivity contribution in [2.24, 2.45) is 23.7 Å². The van der Waals surface area contributed by atoms with Gasteiger partial charge < -0.3 is 31.2 Å². The van der Waals surface area contributed by atoms with Crippen LogP contribution in [0.25, 0.3) is 0 Å². The Labute approximate surface area is 126 Å². The molecule has 0 aromatic carbocycles. The minimum absolute atomic E-state index is 0. The summed E-state index contributed by atoms with van der Waals surface area (Å²) < 4.78 is 0. The van der Waals surface area contributed by atoms with Gasteiger partial charge in [-0.2, -0.15) is 5.92 Å². The Balaban J connectivity index is 0.000000750. The third-order valence-electron chi connectivity index (χ3n) is 4.06. The van der Waals surface area contributed by atoms with Crippen molar-refractivity contribution < 1.29 is 46.5 Å². The van der Waals surface area contributed by atoms with Gasteiger partial charge in [0.1, 0.15) is 0 Å². The molecule has 0 nitrogen and oxygen atoms in total. The van der Waals surface area contributed by atoms with Crippen molar-refractivity contribution in [3.05, 3.63) is 30.7 Å². The maximum atomic E-state index is 2.62. The van der Waals surface area contributed by atoms with Gasteiger partial charge in [0.05, 0.1) is 0 Å². The van der Waals surface area contributed by atoms with E-state index in [0.717, 1.165) is 23.7 Å². The summed E-state index contributed by atoms with van der Waals surface area (Å²) in [6.45, 7) is 0. The van der Waals surface area contributed by atoms with Crippen molar-refractivity contribution in [1.82, 2.24) is 0 Å². The Morgan fingerprint density at radius 1 is 0.938 bits per heavy atom. The van der Waals surface area contributed by atoms with E-state index in [1.54, 1.807) is 0 Å². The van der Waals surface area contributed by atoms with Crippen LogP contribution >= 0.6 is 0 Å². The number of fused-ring (bicyclic) bond motifs is 3. The first-order valence-electron chi connectivity index (χ1n) is 5.65. The van der Waals surface area contributed by atoms with E-state index in [2.05, 4.69) is 30.7 Å². The van der Waals surface area contributed by atoms with Crippen molar-refractivity contribution in [2.45, 2.75) is 25.7 Å². The maximum absolute atomic E-state index is 2.62.